The molecule has 1 fully saturated rings. The average molecular weight is 586 g/mol. The molecule has 1 saturated heterocycles. The van der Waals surface area contributed by atoms with Gasteiger partial charge in [-0.2, -0.15) is 0 Å². The topological polar surface area (TPSA) is 122 Å². The number of nitrogens with zero attached hydrogens (tertiary/aromatic N) is 1. The summed E-state index contributed by atoms with van der Waals surface area (Å²) in [6.07, 6.45) is 1.30. The van der Waals surface area contributed by atoms with Crippen molar-refractivity contribution in [1.82, 2.24) is 5.32 Å². The summed E-state index contributed by atoms with van der Waals surface area (Å²) in [6.45, 7) is 0.0849. The molecule has 1 aliphatic heterocycles. The van der Waals surface area contributed by atoms with E-state index in [1.165, 1.54) is 37.5 Å². The minimum atomic E-state index is -1.03. The van der Waals surface area contributed by atoms with Crippen LogP contribution in [0.25, 0.3) is 6.08 Å². The molecule has 0 spiro atoms. The van der Waals surface area contributed by atoms with Crippen molar-refractivity contribution in [3.63, 3.8) is 0 Å². The van der Waals surface area contributed by atoms with Gasteiger partial charge in [-0.25, -0.2) is 14.5 Å². The second-order valence-corrected chi connectivity index (χ2v) is 9.08. The summed E-state index contributed by atoms with van der Waals surface area (Å²) >= 11 is 9.73. The van der Waals surface area contributed by atoms with E-state index in [1.807, 2.05) is 0 Å². The van der Waals surface area contributed by atoms with E-state index < -0.39 is 23.8 Å². The van der Waals surface area contributed by atoms with E-state index in [0.717, 1.165) is 9.37 Å². The minimum absolute atomic E-state index is 0.0849. The molecule has 4 amide bonds. The SMILES string of the molecule is COc1cc(/C=C2\C(=O)NC(=O)N(c3ccc(Br)cc3)C2=O)cc(Cl)c1OCc1ccc(C(=O)O)cc1. The van der Waals surface area contributed by atoms with Crippen LogP contribution in [-0.2, 0) is 16.2 Å². The molecule has 0 unspecified atom stereocenters. The van der Waals surface area contributed by atoms with Gasteiger partial charge in [-0.3, -0.25) is 14.9 Å². The highest BCUT2D eigenvalue weighted by Crippen LogP contribution is 2.38. The number of ether oxygens (including phenoxy) is 2. The second-order valence-electron chi connectivity index (χ2n) is 7.76. The average Bonchev–Trinajstić information content (AvgIpc) is 2.87. The zero-order valence-electron chi connectivity index (χ0n) is 19.2. The number of amides is 4. The number of hydrogen-bond donors (Lipinski definition) is 2. The lowest BCUT2D eigenvalue weighted by molar-refractivity contribution is -0.122. The zero-order valence-corrected chi connectivity index (χ0v) is 21.5. The first-order chi connectivity index (χ1) is 17.7. The largest absolute Gasteiger partial charge is 0.493 e. The third-order valence-electron chi connectivity index (χ3n) is 5.33. The van der Waals surface area contributed by atoms with Gasteiger partial charge in [0.15, 0.2) is 11.5 Å². The number of hydrogen-bond acceptors (Lipinski definition) is 6. The van der Waals surface area contributed by atoms with Crippen molar-refractivity contribution in [1.29, 1.82) is 0 Å². The van der Waals surface area contributed by atoms with Crippen molar-refractivity contribution in [2.24, 2.45) is 0 Å². The van der Waals surface area contributed by atoms with E-state index in [9.17, 15) is 19.2 Å². The molecule has 0 saturated carbocycles. The fourth-order valence-electron chi connectivity index (χ4n) is 3.51. The number of aromatic carboxylic acids is 1. The number of urea groups is 1. The predicted octanol–water partition coefficient (Wildman–Crippen LogP) is 5.05. The van der Waals surface area contributed by atoms with Crippen LogP contribution in [0, 0.1) is 0 Å². The molecule has 3 aromatic carbocycles. The number of carboxylic acids is 1. The molecular formula is C26H18BrClN2O7. The van der Waals surface area contributed by atoms with E-state index in [4.69, 9.17) is 26.2 Å². The van der Waals surface area contributed by atoms with Gasteiger partial charge < -0.3 is 14.6 Å². The molecule has 1 aliphatic rings. The van der Waals surface area contributed by atoms with Crippen LogP contribution in [0.5, 0.6) is 11.5 Å². The van der Waals surface area contributed by atoms with Crippen LogP contribution in [-0.4, -0.2) is 36.0 Å². The van der Waals surface area contributed by atoms with E-state index in [0.29, 0.717) is 16.8 Å². The van der Waals surface area contributed by atoms with Crippen LogP contribution in [0.15, 0.2) is 70.7 Å². The van der Waals surface area contributed by atoms with Crippen molar-refractivity contribution < 1.29 is 33.8 Å². The molecule has 4 rings (SSSR count). The Labute approximate surface area is 224 Å². The maximum atomic E-state index is 13.1. The lowest BCUT2D eigenvalue weighted by atomic mass is 10.1. The molecule has 0 radical (unpaired) electrons. The Morgan fingerprint density at radius 3 is 2.38 bits per heavy atom. The highest BCUT2D eigenvalue weighted by Gasteiger charge is 2.36. The van der Waals surface area contributed by atoms with Crippen molar-refractivity contribution in [2.45, 2.75) is 6.61 Å². The molecule has 188 valence electrons. The smallest absolute Gasteiger partial charge is 0.335 e. The molecule has 0 aromatic heterocycles. The third-order valence-corrected chi connectivity index (χ3v) is 6.14. The number of rotatable bonds is 7. The lowest BCUT2D eigenvalue weighted by Gasteiger charge is -2.26. The highest BCUT2D eigenvalue weighted by molar-refractivity contribution is 9.10. The maximum Gasteiger partial charge on any atom is 0.335 e. The Bertz CT molecular complexity index is 1440. The van der Waals surface area contributed by atoms with Gasteiger partial charge in [-0.1, -0.05) is 39.7 Å². The van der Waals surface area contributed by atoms with E-state index in [1.54, 1.807) is 36.4 Å². The van der Waals surface area contributed by atoms with E-state index >= 15 is 0 Å². The zero-order chi connectivity index (χ0) is 26.7. The highest BCUT2D eigenvalue weighted by atomic mass is 79.9. The first-order valence-electron chi connectivity index (χ1n) is 10.7. The van der Waals surface area contributed by atoms with Crippen LogP contribution in [0.2, 0.25) is 5.02 Å². The molecule has 1 heterocycles. The monoisotopic (exact) mass is 584 g/mol. The van der Waals surface area contributed by atoms with Gasteiger partial charge in [0.2, 0.25) is 0 Å². The Hall–Kier alpha value is -4.15. The molecule has 2 N–H and O–H groups in total. The fourth-order valence-corrected chi connectivity index (χ4v) is 4.05. The number of nitrogens with one attached hydrogen (secondary N) is 1. The lowest BCUT2D eigenvalue weighted by Crippen LogP contribution is -2.54. The standard InChI is InChI=1S/C26H18BrClN2O7/c1-36-21-12-15(11-20(28)22(21)37-13-14-2-4-16(5-3-14)25(33)34)10-19-23(31)29-26(35)30(24(19)32)18-8-6-17(27)7-9-18/h2-12H,13H2,1H3,(H,33,34)(H,29,31,35)/b19-10+. The van der Waals surface area contributed by atoms with Crippen molar-refractivity contribution >= 4 is 63.1 Å². The van der Waals surface area contributed by atoms with Crippen molar-refractivity contribution in [2.75, 3.05) is 12.0 Å². The quantitative estimate of drug-likeness (QED) is 0.294. The van der Waals surface area contributed by atoms with Gasteiger partial charge in [0.25, 0.3) is 11.8 Å². The molecule has 0 bridgehead atoms. The summed E-state index contributed by atoms with van der Waals surface area (Å²) in [7, 11) is 1.41. The number of halogens is 2. The Kier molecular flexibility index (Phi) is 7.61. The fraction of sp³-hybridized carbons (Fsp3) is 0.0769. The Morgan fingerprint density at radius 1 is 1.08 bits per heavy atom. The number of carbonyl (C=O) groups excluding carboxylic acids is 3. The minimum Gasteiger partial charge on any atom is -0.493 e. The summed E-state index contributed by atoms with van der Waals surface area (Å²) in [6, 6.07) is 14.8. The molecule has 9 nitrogen and oxygen atoms in total. The van der Waals surface area contributed by atoms with Gasteiger partial charge in [0, 0.05) is 4.47 Å². The number of benzene rings is 3. The van der Waals surface area contributed by atoms with Crippen molar-refractivity contribution in [3.05, 3.63) is 92.4 Å². The molecule has 11 heteroatoms. The normalized spacial score (nSPS) is 14.5. The summed E-state index contributed by atoms with van der Waals surface area (Å²) < 4.78 is 12.0. The molecule has 0 atom stereocenters. The second kappa shape index (κ2) is 10.9. The van der Waals surface area contributed by atoms with Gasteiger partial charge in [0.05, 0.1) is 23.4 Å². The van der Waals surface area contributed by atoms with Gasteiger partial charge in [0.1, 0.15) is 12.2 Å². The van der Waals surface area contributed by atoms with Crippen LogP contribution in [0.4, 0.5) is 10.5 Å². The summed E-state index contributed by atoms with van der Waals surface area (Å²) in [5.41, 5.74) is 1.24. The number of carbonyl (C=O) groups is 4. The first-order valence-corrected chi connectivity index (χ1v) is 11.8. The Morgan fingerprint density at radius 2 is 1.76 bits per heavy atom. The van der Waals surface area contributed by atoms with Crippen LogP contribution < -0.4 is 19.7 Å². The molecule has 3 aromatic rings. The number of imide groups is 2. The number of methoxy groups -OCH3 is 1. The van der Waals surface area contributed by atoms with Crippen LogP contribution >= 0.6 is 27.5 Å². The molecule has 0 aliphatic carbocycles. The molecule has 37 heavy (non-hydrogen) atoms. The predicted molar refractivity (Wildman–Crippen MR) is 139 cm³/mol. The summed E-state index contributed by atoms with van der Waals surface area (Å²) in [4.78, 5) is 49.9. The van der Waals surface area contributed by atoms with Crippen molar-refractivity contribution in [3.8, 4) is 11.5 Å². The number of carboxylic acid groups (broad SMARTS) is 1. The van der Waals surface area contributed by atoms with Crippen LogP contribution in [0.3, 0.4) is 0 Å². The Balaban J connectivity index is 1.60. The summed E-state index contributed by atoms with van der Waals surface area (Å²) in [5.74, 6) is -2.21. The van der Waals surface area contributed by atoms with Crippen LogP contribution in [0.1, 0.15) is 21.5 Å². The third kappa shape index (κ3) is 5.65. The number of barbiturate groups is 1. The summed E-state index contributed by atoms with van der Waals surface area (Å²) in [5, 5.41) is 11.3. The van der Waals surface area contributed by atoms with Gasteiger partial charge in [-0.05, 0) is 65.7 Å². The van der Waals surface area contributed by atoms with Gasteiger partial charge in [-0.15, -0.1) is 0 Å². The first kappa shape index (κ1) is 25.9. The molecular weight excluding hydrogens is 568 g/mol. The maximum absolute atomic E-state index is 13.1. The van der Waals surface area contributed by atoms with E-state index in [2.05, 4.69) is 21.2 Å². The van der Waals surface area contributed by atoms with Gasteiger partial charge >= 0.3 is 12.0 Å². The number of anilines is 1. The van der Waals surface area contributed by atoms with E-state index in [-0.39, 0.29) is 34.3 Å².